The van der Waals surface area contributed by atoms with Crippen LogP contribution in [0, 0.1) is 0 Å². The zero-order chi connectivity index (χ0) is 25.9. The van der Waals surface area contributed by atoms with Crippen LogP contribution in [0.4, 0.5) is 0 Å². The quantitative estimate of drug-likeness (QED) is 0.203. The van der Waals surface area contributed by atoms with Crippen molar-refractivity contribution in [1.82, 2.24) is 14.0 Å². The van der Waals surface area contributed by atoms with Crippen LogP contribution < -0.4 is 0 Å². The molecule has 0 unspecified atom stereocenters. The van der Waals surface area contributed by atoms with Crippen molar-refractivity contribution >= 4 is 60.2 Å². The molecule has 0 bridgehead atoms. The largest absolute Gasteiger partial charge is 0.292 e. The van der Waals surface area contributed by atoms with E-state index in [4.69, 9.17) is 4.98 Å². The fraction of sp³-hybridized carbons (Fsp3) is 0. The van der Waals surface area contributed by atoms with Crippen LogP contribution in [0.2, 0.25) is 0 Å². The predicted molar refractivity (Wildman–Crippen MR) is 166 cm³/mol. The number of aromatic nitrogens is 3. The normalized spacial score (nSPS) is 12.5. The average molecular weight is 508 g/mol. The Hall–Kier alpha value is -5.41. The van der Waals surface area contributed by atoms with E-state index in [1.165, 1.54) is 65.6 Å². The van der Waals surface area contributed by atoms with Crippen molar-refractivity contribution in [2.75, 3.05) is 0 Å². The van der Waals surface area contributed by atoms with Gasteiger partial charge in [0.1, 0.15) is 11.2 Å². The van der Waals surface area contributed by atoms with Crippen molar-refractivity contribution in [1.29, 1.82) is 0 Å². The number of fused-ring (bicyclic) bond motifs is 13. The minimum atomic E-state index is 0.985. The van der Waals surface area contributed by atoms with Crippen LogP contribution in [0.25, 0.3) is 88.1 Å². The first-order valence-corrected chi connectivity index (χ1v) is 13.8. The van der Waals surface area contributed by atoms with Crippen LogP contribution in [-0.2, 0) is 0 Å². The highest BCUT2D eigenvalue weighted by Gasteiger charge is 2.25. The van der Waals surface area contributed by atoms with Crippen LogP contribution in [-0.4, -0.2) is 14.0 Å². The van der Waals surface area contributed by atoms with E-state index in [9.17, 15) is 0 Å². The highest BCUT2D eigenvalue weighted by molar-refractivity contribution is 6.20. The fourth-order valence-electron chi connectivity index (χ4n) is 7.25. The molecule has 0 spiro atoms. The SMILES string of the molecule is c1ccc2c(c1)-c1cccc3c(-n4c5ccccc5c5c4nc4c6ccccc6c6ccccc6n45)ccc-2c13. The fourth-order valence-corrected chi connectivity index (χ4v) is 7.25. The van der Waals surface area contributed by atoms with Crippen LogP contribution >= 0.6 is 0 Å². The molecule has 40 heavy (non-hydrogen) atoms. The summed E-state index contributed by atoms with van der Waals surface area (Å²) in [5.41, 5.74) is 11.9. The molecule has 0 amide bonds. The van der Waals surface area contributed by atoms with Crippen LogP contribution in [0.5, 0.6) is 0 Å². The molecule has 1 aliphatic rings. The molecule has 0 saturated heterocycles. The molecular weight excluding hydrogens is 486 g/mol. The second kappa shape index (κ2) is 7.16. The van der Waals surface area contributed by atoms with E-state index < -0.39 is 0 Å². The van der Waals surface area contributed by atoms with Crippen LogP contribution in [0.1, 0.15) is 0 Å². The maximum atomic E-state index is 5.44. The lowest BCUT2D eigenvalue weighted by molar-refractivity contribution is 1.17. The van der Waals surface area contributed by atoms with Crippen molar-refractivity contribution in [2.45, 2.75) is 0 Å². The summed E-state index contributed by atoms with van der Waals surface area (Å²) >= 11 is 0. The molecule has 3 heterocycles. The summed E-state index contributed by atoms with van der Waals surface area (Å²) in [6.45, 7) is 0. The number of nitrogens with zero attached hydrogens (tertiary/aromatic N) is 3. The molecule has 0 radical (unpaired) electrons. The molecule has 0 atom stereocenters. The van der Waals surface area contributed by atoms with Crippen molar-refractivity contribution in [3.8, 4) is 27.9 Å². The van der Waals surface area contributed by atoms with E-state index in [0.29, 0.717) is 0 Å². The Morgan fingerprint density at radius 3 is 1.82 bits per heavy atom. The summed E-state index contributed by atoms with van der Waals surface area (Å²) in [4.78, 5) is 5.44. The van der Waals surface area contributed by atoms with E-state index in [2.05, 4.69) is 136 Å². The van der Waals surface area contributed by atoms with Gasteiger partial charge in [-0.25, -0.2) is 4.98 Å². The highest BCUT2D eigenvalue weighted by Crippen LogP contribution is 2.49. The first kappa shape index (κ1) is 20.5. The van der Waals surface area contributed by atoms with Crippen LogP contribution in [0.15, 0.2) is 127 Å². The monoisotopic (exact) mass is 507 g/mol. The third-order valence-corrected chi connectivity index (χ3v) is 8.84. The van der Waals surface area contributed by atoms with Gasteiger partial charge in [0, 0.05) is 21.5 Å². The van der Waals surface area contributed by atoms with E-state index in [1.807, 2.05) is 0 Å². The van der Waals surface area contributed by atoms with Gasteiger partial charge in [-0.05, 0) is 51.2 Å². The van der Waals surface area contributed by atoms with Crippen LogP contribution in [0.3, 0.4) is 0 Å². The Labute approximate surface area is 229 Å². The first-order chi connectivity index (χ1) is 19.9. The van der Waals surface area contributed by atoms with Gasteiger partial charge in [0.25, 0.3) is 0 Å². The number of rotatable bonds is 1. The van der Waals surface area contributed by atoms with Crippen molar-refractivity contribution in [3.05, 3.63) is 127 Å². The molecule has 3 nitrogen and oxygen atoms in total. The summed E-state index contributed by atoms with van der Waals surface area (Å²) in [7, 11) is 0. The second-order valence-corrected chi connectivity index (χ2v) is 10.8. The molecule has 0 N–H and O–H groups in total. The molecule has 9 aromatic rings. The van der Waals surface area contributed by atoms with Crippen molar-refractivity contribution < 1.29 is 0 Å². The molecule has 0 fully saturated rings. The predicted octanol–water partition coefficient (Wildman–Crippen LogP) is 9.54. The highest BCUT2D eigenvalue weighted by atomic mass is 15.1. The maximum absolute atomic E-state index is 5.44. The molecule has 3 aromatic heterocycles. The third-order valence-electron chi connectivity index (χ3n) is 8.84. The summed E-state index contributed by atoms with van der Waals surface area (Å²) < 4.78 is 4.76. The molecule has 3 heteroatoms. The molecular formula is C37H21N3. The van der Waals surface area contributed by atoms with Gasteiger partial charge in [0.05, 0.1) is 16.7 Å². The molecule has 0 aliphatic heterocycles. The Kier molecular flexibility index (Phi) is 3.68. The summed E-state index contributed by atoms with van der Waals surface area (Å²) in [6.07, 6.45) is 0. The van der Waals surface area contributed by atoms with Gasteiger partial charge >= 0.3 is 0 Å². The molecule has 1 aliphatic carbocycles. The summed E-state index contributed by atoms with van der Waals surface area (Å²) in [5, 5.41) is 7.43. The first-order valence-electron chi connectivity index (χ1n) is 13.8. The van der Waals surface area contributed by atoms with E-state index in [0.717, 1.165) is 22.5 Å². The van der Waals surface area contributed by atoms with E-state index >= 15 is 0 Å². The molecule has 10 rings (SSSR count). The van der Waals surface area contributed by atoms with Gasteiger partial charge in [-0.2, -0.15) is 0 Å². The van der Waals surface area contributed by atoms with Gasteiger partial charge in [0.15, 0.2) is 5.65 Å². The minimum Gasteiger partial charge on any atom is -0.292 e. The number of benzene rings is 6. The molecule has 0 saturated carbocycles. The Bertz CT molecular complexity index is 2520. The number of hydrogen-bond acceptors (Lipinski definition) is 1. The Morgan fingerprint density at radius 1 is 0.400 bits per heavy atom. The molecule has 6 aromatic carbocycles. The van der Waals surface area contributed by atoms with E-state index in [1.54, 1.807) is 0 Å². The smallest absolute Gasteiger partial charge is 0.165 e. The zero-order valence-electron chi connectivity index (χ0n) is 21.5. The van der Waals surface area contributed by atoms with Gasteiger partial charge in [-0.3, -0.25) is 8.97 Å². The second-order valence-electron chi connectivity index (χ2n) is 10.8. The standard InChI is InChI=1S/C37H21N3/c1-2-11-23-22(10-1)26-16-9-17-29-33(21-20-27(23)34(26)29)39-32-19-8-6-15-30(32)35-37(39)38-36-28-14-4-3-12-24(28)25-13-5-7-18-31(25)40(35)36/h1-21H. The number of pyridine rings is 1. The lowest BCUT2D eigenvalue weighted by atomic mass is 10.0. The molecule has 184 valence electrons. The number of imidazole rings is 1. The van der Waals surface area contributed by atoms with E-state index in [-0.39, 0.29) is 0 Å². The minimum absolute atomic E-state index is 0.985. The van der Waals surface area contributed by atoms with Crippen molar-refractivity contribution in [2.24, 2.45) is 0 Å². The Balaban J connectivity index is 1.43. The topological polar surface area (TPSA) is 22.2 Å². The maximum Gasteiger partial charge on any atom is 0.165 e. The lowest BCUT2D eigenvalue weighted by Gasteiger charge is -2.12. The zero-order valence-corrected chi connectivity index (χ0v) is 21.5. The Morgan fingerprint density at radius 2 is 1.00 bits per heavy atom. The van der Waals surface area contributed by atoms with Gasteiger partial charge in [0.2, 0.25) is 0 Å². The van der Waals surface area contributed by atoms with Gasteiger partial charge in [-0.1, -0.05) is 109 Å². The van der Waals surface area contributed by atoms with Gasteiger partial charge in [-0.15, -0.1) is 0 Å². The summed E-state index contributed by atoms with van der Waals surface area (Å²) in [5.74, 6) is 0. The average Bonchev–Trinajstić information content (AvgIpc) is 3.67. The van der Waals surface area contributed by atoms with Gasteiger partial charge < -0.3 is 0 Å². The number of para-hydroxylation sites is 2. The third kappa shape index (κ3) is 2.35. The summed E-state index contributed by atoms with van der Waals surface area (Å²) in [6, 6.07) is 46.2. The lowest BCUT2D eigenvalue weighted by Crippen LogP contribution is -1.96. The number of hydrogen-bond donors (Lipinski definition) is 0. The van der Waals surface area contributed by atoms with Crippen molar-refractivity contribution in [3.63, 3.8) is 0 Å².